The topological polar surface area (TPSA) is 49.6 Å². The van der Waals surface area contributed by atoms with Crippen molar-refractivity contribution in [3.63, 3.8) is 0 Å². The highest BCUT2D eigenvalue weighted by atomic mass is 16.2. The van der Waals surface area contributed by atoms with E-state index in [4.69, 9.17) is 5.73 Å². The minimum absolute atomic E-state index is 0.192. The predicted molar refractivity (Wildman–Crippen MR) is 80.9 cm³/mol. The molecule has 2 aliphatic rings. The molecule has 1 saturated heterocycles. The van der Waals surface area contributed by atoms with Gasteiger partial charge < -0.3 is 15.5 Å². The number of anilines is 1. The van der Waals surface area contributed by atoms with Crippen LogP contribution in [0.5, 0.6) is 0 Å². The summed E-state index contributed by atoms with van der Waals surface area (Å²) in [7, 11) is 1.87. The average molecular weight is 273 g/mol. The molecule has 0 spiro atoms. The molecule has 0 atom stereocenters. The van der Waals surface area contributed by atoms with Crippen LogP contribution in [-0.4, -0.2) is 44.0 Å². The summed E-state index contributed by atoms with van der Waals surface area (Å²) in [5, 5.41) is 0. The number of piperazine rings is 1. The Morgan fingerprint density at radius 2 is 1.90 bits per heavy atom. The van der Waals surface area contributed by atoms with Gasteiger partial charge in [0.25, 0.3) is 0 Å². The third-order valence-electron chi connectivity index (χ3n) is 5.00. The van der Waals surface area contributed by atoms with Gasteiger partial charge in [0, 0.05) is 37.8 Å². The van der Waals surface area contributed by atoms with Gasteiger partial charge in [-0.05, 0) is 30.5 Å². The lowest BCUT2D eigenvalue weighted by atomic mass is 9.64. The van der Waals surface area contributed by atoms with Gasteiger partial charge in [0.1, 0.15) is 0 Å². The smallest absolute Gasteiger partial charge is 0.241 e. The van der Waals surface area contributed by atoms with Gasteiger partial charge in [-0.15, -0.1) is 0 Å². The first-order valence-electron chi connectivity index (χ1n) is 7.44. The zero-order valence-corrected chi connectivity index (χ0v) is 12.1. The zero-order valence-electron chi connectivity index (χ0n) is 12.1. The Morgan fingerprint density at radius 3 is 2.40 bits per heavy atom. The Balaban J connectivity index is 1.75. The largest absolute Gasteiger partial charge is 0.360 e. The van der Waals surface area contributed by atoms with Gasteiger partial charge in [0.15, 0.2) is 0 Å². The second-order valence-electron chi connectivity index (χ2n) is 6.12. The maximum Gasteiger partial charge on any atom is 0.241 e. The summed E-state index contributed by atoms with van der Waals surface area (Å²) in [5.74, 6) is 0.192. The highest BCUT2D eigenvalue weighted by Gasteiger charge is 2.37. The molecule has 1 aromatic carbocycles. The maximum atomic E-state index is 11.8. The SMILES string of the molecule is CN1CCN(c2ccc(C3(CN)CCC3)cc2)CC1=O. The normalized spacial score (nSPS) is 21.8. The van der Waals surface area contributed by atoms with Crippen molar-refractivity contribution in [3.8, 4) is 0 Å². The van der Waals surface area contributed by atoms with Crippen LogP contribution in [0.15, 0.2) is 24.3 Å². The molecule has 1 aliphatic carbocycles. The van der Waals surface area contributed by atoms with Gasteiger partial charge in [-0.1, -0.05) is 18.6 Å². The molecular formula is C16H23N3O. The quantitative estimate of drug-likeness (QED) is 0.904. The maximum absolute atomic E-state index is 11.8. The Bertz CT molecular complexity index is 487. The number of carbonyl (C=O) groups excluding carboxylic acids is 1. The summed E-state index contributed by atoms with van der Waals surface area (Å²) >= 11 is 0. The highest BCUT2D eigenvalue weighted by Crippen LogP contribution is 2.43. The molecule has 20 heavy (non-hydrogen) atoms. The molecule has 1 aliphatic heterocycles. The van der Waals surface area contributed by atoms with E-state index < -0.39 is 0 Å². The molecule has 2 N–H and O–H groups in total. The molecule has 3 rings (SSSR count). The first kappa shape index (κ1) is 13.4. The van der Waals surface area contributed by atoms with E-state index >= 15 is 0 Å². The van der Waals surface area contributed by atoms with Crippen LogP contribution in [0, 0.1) is 0 Å². The van der Waals surface area contributed by atoms with Crippen LogP contribution < -0.4 is 10.6 Å². The van der Waals surface area contributed by atoms with E-state index in [1.807, 2.05) is 7.05 Å². The highest BCUT2D eigenvalue weighted by molar-refractivity contribution is 5.82. The molecule has 1 saturated carbocycles. The van der Waals surface area contributed by atoms with Crippen molar-refractivity contribution < 1.29 is 4.79 Å². The van der Waals surface area contributed by atoms with Crippen LogP contribution in [-0.2, 0) is 10.2 Å². The van der Waals surface area contributed by atoms with Crippen molar-refractivity contribution in [3.05, 3.63) is 29.8 Å². The van der Waals surface area contributed by atoms with Crippen molar-refractivity contribution in [2.75, 3.05) is 38.1 Å². The summed E-state index contributed by atoms with van der Waals surface area (Å²) in [5.41, 5.74) is 8.67. The van der Waals surface area contributed by atoms with Gasteiger partial charge in [0.2, 0.25) is 5.91 Å². The van der Waals surface area contributed by atoms with E-state index in [9.17, 15) is 4.79 Å². The lowest BCUT2D eigenvalue weighted by Gasteiger charge is -2.42. The van der Waals surface area contributed by atoms with Crippen LogP contribution in [0.2, 0.25) is 0 Å². The molecule has 4 nitrogen and oxygen atoms in total. The lowest BCUT2D eigenvalue weighted by molar-refractivity contribution is -0.129. The minimum atomic E-state index is 0.192. The van der Waals surface area contributed by atoms with E-state index in [-0.39, 0.29) is 11.3 Å². The second-order valence-corrected chi connectivity index (χ2v) is 6.12. The monoisotopic (exact) mass is 273 g/mol. The number of rotatable bonds is 3. The Labute approximate surface area is 120 Å². The number of likely N-dealkylation sites (N-methyl/N-ethyl adjacent to an activating group) is 1. The number of nitrogens with zero attached hydrogens (tertiary/aromatic N) is 2. The standard InChI is InChI=1S/C16H23N3O/c1-18-9-10-19(11-15(18)20)14-5-3-13(4-6-14)16(12-17)7-2-8-16/h3-6H,2,7-12,17H2,1H3. The summed E-state index contributed by atoms with van der Waals surface area (Å²) < 4.78 is 0. The van der Waals surface area contributed by atoms with Crippen LogP contribution in [0.25, 0.3) is 0 Å². The van der Waals surface area contributed by atoms with E-state index in [0.717, 1.165) is 25.3 Å². The summed E-state index contributed by atoms with van der Waals surface area (Å²) in [6, 6.07) is 8.68. The Hall–Kier alpha value is -1.55. The molecule has 4 heteroatoms. The fourth-order valence-corrected chi connectivity index (χ4v) is 3.22. The molecule has 1 heterocycles. The van der Waals surface area contributed by atoms with Crippen molar-refractivity contribution in [1.29, 1.82) is 0 Å². The molecule has 0 bridgehead atoms. The number of benzene rings is 1. The third-order valence-corrected chi connectivity index (χ3v) is 5.00. The summed E-state index contributed by atoms with van der Waals surface area (Å²) in [6.45, 7) is 2.92. The molecular weight excluding hydrogens is 250 g/mol. The number of hydrogen-bond donors (Lipinski definition) is 1. The van der Waals surface area contributed by atoms with E-state index in [2.05, 4.69) is 29.2 Å². The fourth-order valence-electron chi connectivity index (χ4n) is 3.22. The van der Waals surface area contributed by atoms with Crippen LogP contribution in [0.4, 0.5) is 5.69 Å². The molecule has 108 valence electrons. The molecule has 1 aromatic rings. The lowest BCUT2D eigenvalue weighted by Crippen LogP contribution is -2.48. The van der Waals surface area contributed by atoms with Crippen LogP contribution in [0.3, 0.4) is 0 Å². The van der Waals surface area contributed by atoms with Crippen LogP contribution in [0.1, 0.15) is 24.8 Å². The Morgan fingerprint density at radius 1 is 1.20 bits per heavy atom. The molecule has 0 radical (unpaired) electrons. The van der Waals surface area contributed by atoms with Crippen molar-refractivity contribution >= 4 is 11.6 Å². The second kappa shape index (κ2) is 5.09. The van der Waals surface area contributed by atoms with Crippen molar-refractivity contribution in [1.82, 2.24) is 4.90 Å². The third kappa shape index (κ3) is 2.18. The summed E-state index contributed by atoms with van der Waals surface area (Å²) in [4.78, 5) is 15.7. The van der Waals surface area contributed by atoms with Gasteiger partial charge in [-0.25, -0.2) is 0 Å². The number of carbonyl (C=O) groups is 1. The molecule has 0 aromatic heterocycles. The number of amides is 1. The van der Waals surface area contributed by atoms with E-state index in [1.165, 1.54) is 24.8 Å². The molecule has 2 fully saturated rings. The zero-order chi connectivity index (χ0) is 14.2. The van der Waals surface area contributed by atoms with Gasteiger partial charge >= 0.3 is 0 Å². The van der Waals surface area contributed by atoms with Gasteiger partial charge in [-0.3, -0.25) is 4.79 Å². The first-order valence-corrected chi connectivity index (χ1v) is 7.44. The van der Waals surface area contributed by atoms with E-state index in [0.29, 0.717) is 6.54 Å². The minimum Gasteiger partial charge on any atom is -0.360 e. The van der Waals surface area contributed by atoms with Crippen molar-refractivity contribution in [2.24, 2.45) is 5.73 Å². The van der Waals surface area contributed by atoms with Gasteiger partial charge in [0.05, 0.1) is 6.54 Å². The molecule has 0 unspecified atom stereocenters. The fraction of sp³-hybridized carbons (Fsp3) is 0.562. The number of nitrogens with two attached hydrogens (primary N) is 1. The molecule has 1 amide bonds. The Kier molecular flexibility index (Phi) is 3.42. The van der Waals surface area contributed by atoms with Gasteiger partial charge in [-0.2, -0.15) is 0 Å². The van der Waals surface area contributed by atoms with Crippen molar-refractivity contribution in [2.45, 2.75) is 24.7 Å². The van der Waals surface area contributed by atoms with E-state index in [1.54, 1.807) is 4.90 Å². The average Bonchev–Trinajstić information content (AvgIpc) is 2.42. The predicted octanol–water partition coefficient (Wildman–Crippen LogP) is 1.35. The van der Waals surface area contributed by atoms with Crippen LogP contribution >= 0.6 is 0 Å². The first-order chi connectivity index (χ1) is 9.64. The number of hydrogen-bond acceptors (Lipinski definition) is 3. The summed E-state index contributed by atoms with van der Waals surface area (Å²) in [6.07, 6.45) is 3.69.